The van der Waals surface area contributed by atoms with Gasteiger partial charge in [0.25, 0.3) is 0 Å². The molecule has 0 aliphatic carbocycles. The summed E-state index contributed by atoms with van der Waals surface area (Å²) >= 11 is 6.00. The first-order valence-corrected chi connectivity index (χ1v) is 8.62. The van der Waals surface area contributed by atoms with E-state index in [9.17, 15) is 14.7 Å². The van der Waals surface area contributed by atoms with E-state index in [1.807, 2.05) is 0 Å². The number of hydrogen-bond acceptors (Lipinski definition) is 5. The van der Waals surface area contributed by atoms with Crippen molar-refractivity contribution in [2.75, 3.05) is 18.7 Å². The molecule has 0 fully saturated rings. The predicted octanol–water partition coefficient (Wildman–Crippen LogP) is 2.34. The maximum atomic E-state index is 12.1. The molecular formula is C19H19ClN2O5. The van der Waals surface area contributed by atoms with Crippen LogP contribution in [0, 0.1) is 6.92 Å². The Bertz CT molecular complexity index is 898. The number of aliphatic hydroxyl groups is 1. The summed E-state index contributed by atoms with van der Waals surface area (Å²) in [5.74, 6) is -0.597. The molecule has 1 aliphatic heterocycles. The van der Waals surface area contributed by atoms with Gasteiger partial charge in [0, 0.05) is 10.7 Å². The number of anilines is 1. The minimum atomic E-state index is -1.40. The van der Waals surface area contributed by atoms with E-state index in [1.165, 1.54) is 6.92 Å². The van der Waals surface area contributed by atoms with E-state index in [2.05, 4.69) is 10.6 Å². The lowest BCUT2D eigenvalue weighted by molar-refractivity contribution is -0.136. The lowest BCUT2D eigenvalue weighted by atomic mass is 9.95. The van der Waals surface area contributed by atoms with E-state index >= 15 is 0 Å². The summed E-state index contributed by atoms with van der Waals surface area (Å²) in [6.45, 7) is 3.23. The van der Waals surface area contributed by atoms with Gasteiger partial charge >= 0.3 is 11.8 Å². The summed E-state index contributed by atoms with van der Waals surface area (Å²) in [5, 5.41) is 16.1. The number of amides is 2. The smallest absolute Gasteiger partial charge is 0.313 e. The summed E-state index contributed by atoms with van der Waals surface area (Å²) in [7, 11) is 0. The van der Waals surface area contributed by atoms with Crippen LogP contribution in [0.2, 0.25) is 5.02 Å². The number of benzene rings is 2. The molecule has 1 heterocycles. The van der Waals surface area contributed by atoms with Gasteiger partial charge in [-0.3, -0.25) is 9.59 Å². The van der Waals surface area contributed by atoms with Gasteiger partial charge in [0.05, 0.1) is 6.54 Å². The van der Waals surface area contributed by atoms with Crippen molar-refractivity contribution in [2.24, 2.45) is 0 Å². The molecule has 3 N–H and O–H groups in total. The predicted molar refractivity (Wildman–Crippen MR) is 100.0 cm³/mol. The minimum absolute atomic E-state index is 0.126. The van der Waals surface area contributed by atoms with Gasteiger partial charge in [-0.05, 0) is 49.2 Å². The Morgan fingerprint density at radius 3 is 2.70 bits per heavy atom. The molecule has 1 atom stereocenters. The highest BCUT2D eigenvalue weighted by atomic mass is 35.5. The summed E-state index contributed by atoms with van der Waals surface area (Å²) in [4.78, 5) is 24.2. The van der Waals surface area contributed by atoms with Gasteiger partial charge in [0.1, 0.15) is 5.60 Å². The first-order chi connectivity index (χ1) is 12.8. The second-order valence-electron chi connectivity index (χ2n) is 6.39. The molecule has 2 aromatic carbocycles. The van der Waals surface area contributed by atoms with Crippen LogP contribution in [0.3, 0.4) is 0 Å². The van der Waals surface area contributed by atoms with Crippen molar-refractivity contribution in [3.05, 3.63) is 52.5 Å². The van der Waals surface area contributed by atoms with E-state index in [4.69, 9.17) is 21.1 Å². The monoisotopic (exact) mass is 390 g/mol. The summed E-state index contributed by atoms with van der Waals surface area (Å²) < 4.78 is 10.5. The maximum absolute atomic E-state index is 12.1. The van der Waals surface area contributed by atoms with Crippen LogP contribution >= 0.6 is 11.6 Å². The number of ether oxygens (including phenoxy) is 2. The Balaban J connectivity index is 1.62. The van der Waals surface area contributed by atoms with Gasteiger partial charge in [-0.1, -0.05) is 23.7 Å². The first-order valence-electron chi connectivity index (χ1n) is 8.25. The summed E-state index contributed by atoms with van der Waals surface area (Å²) in [6, 6.07) is 10.0. The van der Waals surface area contributed by atoms with E-state index in [1.54, 1.807) is 43.3 Å². The van der Waals surface area contributed by atoms with Gasteiger partial charge in [-0.25, -0.2) is 0 Å². The molecule has 3 rings (SSSR count). The van der Waals surface area contributed by atoms with Gasteiger partial charge in [0.2, 0.25) is 6.79 Å². The lowest BCUT2D eigenvalue weighted by Gasteiger charge is -2.24. The topological polar surface area (TPSA) is 96.9 Å². The molecule has 7 nitrogen and oxygen atoms in total. The highest BCUT2D eigenvalue weighted by molar-refractivity contribution is 6.40. The van der Waals surface area contributed by atoms with E-state index in [-0.39, 0.29) is 13.3 Å². The van der Waals surface area contributed by atoms with Crippen molar-refractivity contribution < 1.29 is 24.2 Å². The lowest BCUT2D eigenvalue weighted by Crippen LogP contribution is -2.43. The summed E-state index contributed by atoms with van der Waals surface area (Å²) in [6.07, 6.45) is 0. The molecule has 2 amide bonds. The van der Waals surface area contributed by atoms with Crippen LogP contribution < -0.4 is 20.1 Å². The third kappa shape index (κ3) is 4.15. The van der Waals surface area contributed by atoms with Crippen molar-refractivity contribution in [1.82, 2.24) is 5.32 Å². The molecule has 0 unspecified atom stereocenters. The number of nitrogens with one attached hydrogen (secondary N) is 2. The van der Waals surface area contributed by atoms with Gasteiger partial charge in [-0.15, -0.1) is 0 Å². The molecule has 0 spiro atoms. The van der Waals surface area contributed by atoms with E-state index < -0.39 is 17.4 Å². The number of rotatable bonds is 4. The highest BCUT2D eigenvalue weighted by Crippen LogP contribution is 2.35. The van der Waals surface area contributed by atoms with Crippen LogP contribution in [0.25, 0.3) is 0 Å². The van der Waals surface area contributed by atoms with E-state index in [0.29, 0.717) is 33.3 Å². The number of carbonyl (C=O) groups excluding carboxylic acids is 2. The number of carbonyl (C=O) groups is 2. The van der Waals surface area contributed by atoms with Crippen molar-refractivity contribution in [3.63, 3.8) is 0 Å². The Hall–Kier alpha value is -2.77. The zero-order valence-electron chi connectivity index (χ0n) is 14.8. The molecule has 1 aliphatic rings. The molecule has 0 bridgehead atoms. The van der Waals surface area contributed by atoms with Crippen molar-refractivity contribution in [2.45, 2.75) is 19.4 Å². The average Bonchev–Trinajstić information content (AvgIpc) is 3.11. The van der Waals surface area contributed by atoms with Gasteiger partial charge < -0.3 is 25.2 Å². The fourth-order valence-corrected chi connectivity index (χ4v) is 2.76. The van der Waals surface area contributed by atoms with Gasteiger partial charge in [0.15, 0.2) is 11.5 Å². The Labute approximate surface area is 161 Å². The molecular weight excluding hydrogens is 372 g/mol. The van der Waals surface area contributed by atoms with Crippen LogP contribution in [0.4, 0.5) is 5.69 Å². The Kier molecular flexibility index (Phi) is 5.25. The molecule has 8 heteroatoms. The largest absolute Gasteiger partial charge is 0.454 e. The second-order valence-corrected chi connectivity index (χ2v) is 6.80. The highest BCUT2D eigenvalue weighted by Gasteiger charge is 2.28. The zero-order valence-corrected chi connectivity index (χ0v) is 15.6. The number of halogens is 1. The molecule has 0 saturated carbocycles. The van der Waals surface area contributed by atoms with Gasteiger partial charge in [-0.2, -0.15) is 0 Å². The van der Waals surface area contributed by atoms with Crippen LogP contribution in [-0.2, 0) is 15.2 Å². The van der Waals surface area contributed by atoms with Crippen molar-refractivity contribution in [1.29, 1.82) is 0 Å². The standard InChI is InChI=1S/C19H19ClN2O5/c1-11-13(20)4-3-5-14(11)22-18(24)17(23)21-9-19(2,25)12-6-7-15-16(8-12)27-10-26-15/h3-8,25H,9-10H2,1-2H3,(H,21,23)(H,22,24)/t19-/m0/s1. The average molecular weight is 391 g/mol. The molecule has 0 radical (unpaired) electrons. The van der Waals surface area contributed by atoms with Crippen LogP contribution in [0.1, 0.15) is 18.1 Å². The third-order valence-electron chi connectivity index (χ3n) is 4.31. The molecule has 0 aromatic heterocycles. The quantitative estimate of drug-likeness (QED) is 0.696. The summed E-state index contributed by atoms with van der Waals surface area (Å²) in [5.41, 5.74) is 0.235. The first kappa shape index (κ1) is 19.0. The molecule has 27 heavy (non-hydrogen) atoms. The van der Waals surface area contributed by atoms with Crippen LogP contribution in [0.5, 0.6) is 11.5 Å². The normalized spacial score (nSPS) is 14.4. The zero-order chi connectivity index (χ0) is 19.6. The fourth-order valence-electron chi connectivity index (χ4n) is 2.59. The number of hydrogen-bond donors (Lipinski definition) is 3. The van der Waals surface area contributed by atoms with Crippen molar-refractivity contribution >= 4 is 29.1 Å². The van der Waals surface area contributed by atoms with Crippen LogP contribution in [0.15, 0.2) is 36.4 Å². The molecule has 2 aromatic rings. The maximum Gasteiger partial charge on any atom is 0.313 e. The third-order valence-corrected chi connectivity index (χ3v) is 4.72. The molecule has 142 valence electrons. The SMILES string of the molecule is Cc1c(Cl)cccc1NC(=O)C(=O)NC[C@](C)(O)c1ccc2c(c1)OCO2. The van der Waals surface area contributed by atoms with Crippen molar-refractivity contribution in [3.8, 4) is 11.5 Å². The van der Waals surface area contributed by atoms with E-state index in [0.717, 1.165) is 0 Å². The number of fused-ring (bicyclic) bond motifs is 1. The second kappa shape index (κ2) is 7.46. The van der Waals surface area contributed by atoms with Crippen LogP contribution in [-0.4, -0.2) is 30.3 Å². The molecule has 0 saturated heterocycles. The fraction of sp³-hybridized carbons (Fsp3) is 0.263. The minimum Gasteiger partial charge on any atom is -0.454 e. The Morgan fingerprint density at radius 1 is 1.19 bits per heavy atom. The Morgan fingerprint density at radius 2 is 1.93 bits per heavy atom.